The number of rotatable bonds is 5. The SMILES string of the molecule is CCOc1cc(OCC)c[c]([Sn]([CH3])([CH3])[CH3])c1. The predicted molar refractivity (Wildman–Crippen MR) is 71.8 cm³/mol. The molecule has 16 heavy (non-hydrogen) atoms. The van der Waals surface area contributed by atoms with E-state index in [1.807, 2.05) is 19.9 Å². The summed E-state index contributed by atoms with van der Waals surface area (Å²) in [5.74, 6) is 1.88. The van der Waals surface area contributed by atoms with Gasteiger partial charge >= 0.3 is 103 Å². The van der Waals surface area contributed by atoms with Crippen molar-refractivity contribution in [2.75, 3.05) is 13.2 Å². The molecule has 0 unspecified atom stereocenters. The summed E-state index contributed by atoms with van der Waals surface area (Å²) in [4.78, 5) is 7.19. The fourth-order valence-electron chi connectivity index (χ4n) is 1.50. The first-order valence-electron chi connectivity index (χ1n) is 5.88. The first-order valence-corrected chi connectivity index (χ1v) is 15.9. The Hall–Kier alpha value is -0.381. The summed E-state index contributed by atoms with van der Waals surface area (Å²) in [6.07, 6.45) is 0. The molecule has 2 nitrogen and oxygen atoms in total. The molecule has 0 amide bonds. The zero-order valence-electron chi connectivity index (χ0n) is 11.0. The van der Waals surface area contributed by atoms with Crippen molar-refractivity contribution in [1.82, 2.24) is 0 Å². The average Bonchev–Trinajstić information content (AvgIpc) is 2.17. The molecule has 90 valence electrons. The molecule has 0 spiro atoms. The Morgan fingerprint density at radius 3 is 1.62 bits per heavy atom. The zero-order chi connectivity index (χ0) is 12.2. The molecule has 1 aromatic rings. The number of benzene rings is 1. The van der Waals surface area contributed by atoms with Crippen LogP contribution in [0.25, 0.3) is 0 Å². The Morgan fingerprint density at radius 2 is 1.31 bits per heavy atom. The van der Waals surface area contributed by atoms with Crippen LogP contribution in [-0.4, -0.2) is 31.6 Å². The summed E-state index contributed by atoms with van der Waals surface area (Å²) in [5, 5.41) is 0. The molecule has 0 bridgehead atoms. The minimum atomic E-state index is -2.04. The third-order valence-corrected chi connectivity index (χ3v) is 8.14. The van der Waals surface area contributed by atoms with Crippen molar-refractivity contribution in [1.29, 1.82) is 0 Å². The average molecular weight is 329 g/mol. The standard InChI is InChI=1S/C10H13O2.3CH3.Sn/c1-3-11-9-6-5-7-10(8-9)12-4-2;;;;/h6-8H,3-4H2,1-2H3;3*1H3;. The monoisotopic (exact) mass is 330 g/mol. The van der Waals surface area contributed by atoms with Gasteiger partial charge in [-0.15, -0.1) is 0 Å². The molecule has 0 aliphatic carbocycles. The van der Waals surface area contributed by atoms with Gasteiger partial charge in [-0.25, -0.2) is 0 Å². The van der Waals surface area contributed by atoms with Crippen LogP contribution in [0, 0.1) is 0 Å². The van der Waals surface area contributed by atoms with Gasteiger partial charge in [-0.05, 0) is 0 Å². The summed E-state index contributed by atoms with van der Waals surface area (Å²) < 4.78 is 12.6. The third-order valence-electron chi connectivity index (χ3n) is 2.37. The van der Waals surface area contributed by atoms with Crippen LogP contribution in [0.4, 0.5) is 0 Å². The van der Waals surface area contributed by atoms with Crippen molar-refractivity contribution in [2.24, 2.45) is 0 Å². The molecular weight excluding hydrogens is 307 g/mol. The molecule has 1 aromatic carbocycles. The number of hydrogen-bond acceptors (Lipinski definition) is 2. The first-order chi connectivity index (χ1) is 7.47. The molecule has 0 heterocycles. The van der Waals surface area contributed by atoms with Crippen molar-refractivity contribution in [3.63, 3.8) is 0 Å². The van der Waals surface area contributed by atoms with Crippen LogP contribution in [0.1, 0.15) is 13.8 Å². The molecular formula is C13H22O2Sn. The van der Waals surface area contributed by atoms with E-state index in [2.05, 4.69) is 27.0 Å². The van der Waals surface area contributed by atoms with Gasteiger partial charge in [0, 0.05) is 0 Å². The van der Waals surface area contributed by atoms with E-state index >= 15 is 0 Å². The minimum absolute atomic E-state index is 0.703. The van der Waals surface area contributed by atoms with Crippen LogP contribution in [0.2, 0.25) is 14.8 Å². The molecule has 0 aromatic heterocycles. The molecule has 0 saturated carbocycles. The summed E-state index contributed by atoms with van der Waals surface area (Å²) in [6, 6.07) is 6.35. The predicted octanol–water partition coefficient (Wildman–Crippen LogP) is 3.03. The van der Waals surface area contributed by atoms with Crippen molar-refractivity contribution in [3.8, 4) is 11.5 Å². The Kier molecular flexibility index (Phi) is 4.96. The first kappa shape index (κ1) is 13.7. The van der Waals surface area contributed by atoms with Gasteiger partial charge in [-0.3, -0.25) is 0 Å². The zero-order valence-corrected chi connectivity index (χ0v) is 13.8. The van der Waals surface area contributed by atoms with Gasteiger partial charge in [-0.1, -0.05) is 0 Å². The van der Waals surface area contributed by atoms with E-state index in [1.165, 1.54) is 3.58 Å². The molecule has 0 N–H and O–H groups in total. The fraction of sp³-hybridized carbons (Fsp3) is 0.538. The topological polar surface area (TPSA) is 18.5 Å². The number of ether oxygens (including phenoxy) is 2. The van der Waals surface area contributed by atoms with E-state index in [-0.39, 0.29) is 0 Å². The summed E-state index contributed by atoms with van der Waals surface area (Å²) in [5.41, 5.74) is 0. The molecule has 1 rings (SSSR count). The summed E-state index contributed by atoms with van der Waals surface area (Å²) >= 11 is -2.04. The number of hydrogen-bond donors (Lipinski definition) is 0. The molecule has 0 radical (unpaired) electrons. The second-order valence-electron chi connectivity index (χ2n) is 4.81. The molecule has 0 aliphatic heterocycles. The molecule has 0 fully saturated rings. The second-order valence-corrected chi connectivity index (χ2v) is 19.3. The van der Waals surface area contributed by atoms with Gasteiger partial charge < -0.3 is 0 Å². The van der Waals surface area contributed by atoms with Crippen LogP contribution in [0.3, 0.4) is 0 Å². The van der Waals surface area contributed by atoms with E-state index in [1.54, 1.807) is 0 Å². The van der Waals surface area contributed by atoms with Gasteiger partial charge in [0.05, 0.1) is 0 Å². The van der Waals surface area contributed by atoms with Crippen LogP contribution in [0.5, 0.6) is 11.5 Å². The van der Waals surface area contributed by atoms with Crippen LogP contribution >= 0.6 is 0 Å². The quantitative estimate of drug-likeness (QED) is 0.773. The Labute approximate surface area is 103 Å². The van der Waals surface area contributed by atoms with Crippen molar-refractivity contribution >= 4 is 22.0 Å². The fourth-order valence-corrected chi connectivity index (χ4v) is 4.79. The molecule has 0 atom stereocenters. The van der Waals surface area contributed by atoms with Gasteiger partial charge in [-0.2, -0.15) is 0 Å². The van der Waals surface area contributed by atoms with Gasteiger partial charge in [0.25, 0.3) is 0 Å². The molecule has 3 heteroatoms. The Bertz CT molecular complexity index is 318. The summed E-state index contributed by atoms with van der Waals surface area (Å²) in [7, 11) is 0. The molecule has 0 aliphatic rings. The van der Waals surface area contributed by atoms with E-state index in [4.69, 9.17) is 9.47 Å². The Morgan fingerprint density at radius 1 is 0.875 bits per heavy atom. The summed E-state index contributed by atoms with van der Waals surface area (Å²) in [6.45, 7) is 5.42. The van der Waals surface area contributed by atoms with E-state index in [0.29, 0.717) is 13.2 Å². The van der Waals surface area contributed by atoms with Crippen molar-refractivity contribution in [3.05, 3.63) is 18.2 Å². The van der Waals surface area contributed by atoms with Crippen LogP contribution < -0.4 is 13.1 Å². The van der Waals surface area contributed by atoms with E-state index in [9.17, 15) is 0 Å². The van der Waals surface area contributed by atoms with Crippen molar-refractivity contribution in [2.45, 2.75) is 28.7 Å². The van der Waals surface area contributed by atoms with Crippen molar-refractivity contribution < 1.29 is 9.47 Å². The van der Waals surface area contributed by atoms with E-state index < -0.39 is 18.4 Å². The molecule has 0 saturated heterocycles. The van der Waals surface area contributed by atoms with Gasteiger partial charge in [0.2, 0.25) is 0 Å². The van der Waals surface area contributed by atoms with E-state index in [0.717, 1.165) is 11.5 Å². The van der Waals surface area contributed by atoms with Crippen LogP contribution in [-0.2, 0) is 0 Å². The van der Waals surface area contributed by atoms with Crippen LogP contribution in [0.15, 0.2) is 18.2 Å². The maximum atomic E-state index is 5.58. The second kappa shape index (κ2) is 5.80. The van der Waals surface area contributed by atoms with Gasteiger partial charge in [0.1, 0.15) is 0 Å². The maximum absolute atomic E-state index is 5.58. The third kappa shape index (κ3) is 3.89. The van der Waals surface area contributed by atoms with Gasteiger partial charge in [0.15, 0.2) is 0 Å². The Balaban J connectivity index is 3.08. The normalized spacial score (nSPS) is 11.3.